The fourth-order valence-electron chi connectivity index (χ4n) is 1.56. The van der Waals surface area contributed by atoms with Gasteiger partial charge in [0, 0.05) is 18.0 Å². The number of nitrogens with zero attached hydrogens (tertiary/aromatic N) is 2. The van der Waals surface area contributed by atoms with Crippen molar-refractivity contribution in [3.8, 4) is 11.5 Å². The molecule has 0 aliphatic heterocycles. The summed E-state index contributed by atoms with van der Waals surface area (Å²) in [5.74, 6) is -0.271. The van der Waals surface area contributed by atoms with Gasteiger partial charge in [0.15, 0.2) is 11.5 Å². The lowest BCUT2D eigenvalue weighted by Gasteiger charge is -2.06. The number of amides is 1. The number of rotatable bonds is 4. The molecule has 1 aromatic carbocycles. The predicted octanol–water partition coefficient (Wildman–Crippen LogP) is 2.21. The van der Waals surface area contributed by atoms with Gasteiger partial charge in [-0.1, -0.05) is 11.6 Å². The van der Waals surface area contributed by atoms with Gasteiger partial charge < -0.3 is 9.84 Å². The molecule has 0 bridgehead atoms. The standard InChI is InChI=1S/C14H12ClN3O3/c1-21-12-7-9(6-11(15)13(12)19)8-17-18-14(20)10-2-4-16-5-3-10/h2-8,19H,1H3,(H,18,20)/b17-8+. The molecule has 0 aliphatic rings. The molecule has 1 aromatic heterocycles. The lowest BCUT2D eigenvalue weighted by Crippen LogP contribution is -2.17. The summed E-state index contributed by atoms with van der Waals surface area (Å²) in [4.78, 5) is 15.6. The van der Waals surface area contributed by atoms with Crippen LogP contribution in [0.25, 0.3) is 0 Å². The number of pyridine rings is 1. The van der Waals surface area contributed by atoms with Crippen LogP contribution < -0.4 is 10.2 Å². The maximum absolute atomic E-state index is 11.7. The summed E-state index contributed by atoms with van der Waals surface area (Å²) in [6.07, 6.45) is 4.43. The lowest BCUT2D eigenvalue weighted by atomic mass is 10.2. The van der Waals surface area contributed by atoms with Crippen molar-refractivity contribution in [2.75, 3.05) is 7.11 Å². The Bertz CT molecular complexity index is 675. The molecule has 2 aromatic rings. The molecule has 0 spiro atoms. The Balaban J connectivity index is 2.08. The molecule has 0 saturated heterocycles. The Morgan fingerprint density at radius 2 is 2.14 bits per heavy atom. The number of methoxy groups -OCH3 is 1. The van der Waals surface area contributed by atoms with E-state index in [1.54, 1.807) is 18.2 Å². The number of halogens is 1. The van der Waals surface area contributed by atoms with Crippen molar-refractivity contribution in [1.82, 2.24) is 10.4 Å². The molecule has 0 atom stereocenters. The highest BCUT2D eigenvalue weighted by Crippen LogP contribution is 2.34. The first-order chi connectivity index (χ1) is 10.1. The number of aromatic hydroxyl groups is 1. The second-order valence-electron chi connectivity index (χ2n) is 3.99. The summed E-state index contributed by atoms with van der Waals surface area (Å²) in [6, 6.07) is 6.20. The molecule has 7 heteroatoms. The molecule has 0 saturated carbocycles. The minimum Gasteiger partial charge on any atom is -0.503 e. The zero-order chi connectivity index (χ0) is 15.2. The van der Waals surface area contributed by atoms with E-state index in [0.29, 0.717) is 11.1 Å². The molecular formula is C14H12ClN3O3. The van der Waals surface area contributed by atoms with Gasteiger partial charge in [-0.05, 0) is 29.8 Å². The van der Waals surface area contributed by atoms with E-state index in [-0.39, 0.29) is 22.4 Å². The number of nitrogens with one attached hydrogen (secondary N) is 1. The Morgan fingerprint density at radius 3 is 2.81 bits per heavy atom. The average Bonchev–Trinajstić information content (AvgIpc) is 2.51. The zero-order valence-corrected chi connectivity index (χ0v) is 11.8. The van der Waals surface area contributed by atoms with Crippen molar-refractivity contribution in [3.05, 3.63) is 52.8 Å². The average molecular weight is 306 g/mol. The van der Waals surface area contributed by atoms with Gasteiger partial charge in [-0.15, -0.1) is 0 Å². The topological polar surface area (TPSA) is 83.8 Å². The molecule has 2 rings (SSSR count). The molecule has 1 heterocycles. The second kappa shape index (κ2) is 6.71. The van der Waals surface area contributed by atoms with Gasteiger partial charge in [-0.25, -0.2) is 5.43 Å². The highest BCUT2D eigenvalue weighted by Gasteiger charge is 2.08. The zero-order valence-electron chi connectivity index (χ0n) is 11.1. The fraction of sp³-hybridized carbons (Fsp3) is 0.0714. The van der Waals surface area contributed by atoms with E-state index < -0.39 is 0 Å². The summed E-state index contributed by atoms with van der Waals surface area (Å²) < 4.78 is 4.97. The largest absolute Gasteiger partial charge is 0.503 e. The van der Waals surface area contributed by atoms with E-state index in [1.165, 1.54) is 31.8 Å². The van der Waals surface area contributed by atoms with E-state index in [0.717, 1.165) is 0 Å². The van der Waals surface area contributed by atoms with Crippen molar-refractivity contribution in [2.24, 2.45) is 5.10 Å². The highest BCUT2D eigenvalue weighted by atomic mass is 35.5. The smallest absolute Gasteiger partial charge is 0.271 e. The number of ether oxygens (including phenoxy) is 1. The highest BCUT2D eigenvalue weighted by molar-refractivity contribution is 6.32. The third-order valence-electron chi connectivity index (χ3n) is 2.59. The number of hydrogen-bond acceptors (Lipinski definition) is 5. The normalized spacial score (nSPS) is 10.6. The molecule has 2 N–H and O–H groups in total. The summed E-state index contributed by atoms with van der Waals surface area (Å²) >= 11 is 5.85. The van der Waals surface area contributed by atoms with Crippen LogP contribution in [0.4, 0.5) is 0 Å². The molecule has 0 radical (unpaired) electrons. The number of carbonyl (C=O) groups excluding carboxylic acids is 1. The molecule has 21 heavy (non-hydrogen) atoms. The van der Waals surface area contributed by atoms with E-state index in [9.17, 15) is 9.90 Å². The predicted molar refractivity (Wildman–Crippen MR) is 79.0 cm³/mol. The van der Waals surface area contributed by atoms with E-state index >= 15 is 0 Å². The third-order valence-corrected chi connectivity index (χ3v) is 2.88. The van der Waals surface area contributed by atoms with Crippen LogP contribution in [0, 0.1) is 0 Å². The first-order valence-corrected chi connectivity index (χ1v) is 6.29. The third kappa shape index (κ3) is 3.70. The molecule has 0 unspecified atom stereocenters. The van der Waals surface area contributed by atoms with Gasteiger partial charge in [0.1, 0.15) is 0 Å². The summed E-state index contributed by atoms with van der Waals surface area (Å²) in [5.41, 5.74) is 3.40. The van der Waals surface area contributed by atoms with E-state index in [2.05, 4.69) is 15.5 Å². The van der Waals surface area contributed by atoms with Crippen LogP contribution in [0.1, 0.15) is 15.9 Å². The van der Waals surface area contributed by atoms with Gasteiger partial charge >= 0.3 is 0 Å². The summed E-state index contributed by atoms with van der Waals surface area (Å²) in [5, 5.41) is 13.6. The van der Waals surface area contributed by atoms with Crippen molar-refractivity contribution < 1.29 is 14.6 Å². The van der Waals surface area contributed by atoms with Crippen molar-refractivity contribution in [3.63, 3.8) is 0 Å². The summed E-state index contributed by atoms with van der Waals surface area (Å²) in [6.45, 7) is 0. The minimum absolute atomic E-state index is 0.135. The Hall–Kier alpha value is -2.60. The van der Waals surface area contributed by atoms with Gasteiger partial charge in [0.25, 0.3) is 5.91 Å². The van der Waals surface area contributed by atoms with E-state index in [4.69, 9.17) is 16.3 Å². The number of phenols is 1. The molecule has 0 fully saturated rings. The van der Waals surface area contributed by atoms with Gasteiger partial charge in [0.2, 0.25) is 0 Å². The van der Waals surface area contributed by atoms with Crippen molar-refractivity contribution >= 4 is 23.7 Å². The number of hydrazone groups is 1. The maximum atomic E-state index is 11.7. The Kier molecular flexibility index (Phi) is 4.73. The minimum atomic E-state index is -0.356. The van der Waals surface area contributed by atoms with Gasteiger partial charge in [-0.2, -0.15) is 5.10 Å². The van der Waals surface area contributed by atoms with E-state index in [1.807, 2.05) is 0 Å². The maximum Gasteiger partial charge on any atom is 0.271 e. The van der Waals surface area contributed by atoms with Gasteiger partial charge in [0.05, 0.1) is 18.3 Å². The summed E-state index contributed by atoms with van der Waals surface area (Å²) in [7, 11) is 1.41. The van der Waals surface area contributed by atoms with Crippen molar-refractivity contribution in [1.29, 1.82) is 0 Å². The molecular weight excluding hydrogens is 294 g/mol. The van der Waals surface area contributed by atoms with Crippen LogP contribution in [0.2, 0.25) is 5.02 Å². The Labute approximate surface area is 126 Å². The molecule has 108 valence electrons. The van der Waals surface area contributed by atoms with Crippen LogP contribution in [0.5, 0.6) is 11.5 Å². The number of benzene rings is 1. The second-order valence-corrected chi connectivity index (χ2v) is 4.40. The monoisotopic (exact) mass is 305 g/mol. The SMILES string of the molecule is COc1cc(/C=N/NC(=O)c2ccncc2)cc(Cl)c1O. The Morgan fingerprint density at radius 1 is 1.43 bits per heavy atom. The lowest BCUT2D eigenvalue weighted by molar-refractivity contribution is 0.0955. The quantitative estimate of drug-likeness (QED) is 0.670. The van der Waals surface area contributed by atoms with Crippen LogP contribution in [0.15, 0.2) is 41.8 Å². The van der Waals surface area contributed by atoms with Crippen LogP contribution in [-0.2, 0) is 0 Å². The number of aromatic nitrogens is 1. The van der Waals surface area contributed by atoms with Crippen LogP contribution >= 0.6 is 11.6 Å². The fourth-order valence-corrected chi connectivity index (χ4v) is 1.78. The van der Waals surface area contributed by atoms with Crippen LogP contribution in [-0.4, -0.2) is 29.3 Å². The first-order valence-electron chi connectivity index (χ1n) is 5.91. The molecule has 1 amide bonds. The van der Waals surface area contributed by atoms with Crippen LogP contribution in [0.3, 0.4) is 0 Å². The van der Waals surface area contributed by atoms with Crippen molar-refractivity contribution in [2.45, 2.75) is 0 Å². The number of carbonyl (C=O) groups is 1. The van der Waals surface area contributed by atoms with Gasteiger partial charge in [-0.3, -0.25) is 9.78 Å². The molecule has 6 nitrogen and oxygen atoms in total. The number of phenolic OH excluding ortho intramolecular Hbond substituents is 1. The first kappa shape index (κ1) is 14.8. The molecule has 0 aliphatic carbocycles. The number of hydrogen-bond donors (Lipinski definition) is 2.